The first-order valence-corrected chi connectivity index (χ1v) is 5.52. The Morgan fingerprint density at radius 1 is 1.47 bits per heavy atom. The van der Waals surface area contributed by atoms with Crippen molar-refractivity contribution >= 4 is 17.4 Å². The van der Waals surface area contributed by atoms with Gasteiger partial charge in [0.2, 0.25) is 5.78 Å². The van der Waals surface area contributed by atoms with Gasteiger partial charge in [0.25, 0.3) is 0 Å². The van der Waals surface area contributed by atoms with Gasteiger partial charge in [-0.3, -0.25) is 4.79 Å². The summed E-state index contributed by atoms with van der Waals surface area (Å²) < 4.78 is 5.64. The maximum atomic E-state index is 11.9. The quantitative estimate of drug-likeness (QED) is 0.770. The molecule has 0 bridgehead atoms. The Labute approximate surface area is 94.2 Å². The second kappa shape index (κ2) is 3.86. The summed E-state index contributed by atoms with van der Waals surface area (Å²) in [4.78, 5) is 11.9. The lowest BCUT2D eigenvalue weighted by atomic mass is 10.0. The minimum Gasteiger partial charge on any atom is -0.481 e. The highest BCUT2D eigenvalue weighted by molar-refractivity contribution is 6.31. The van der Waals surface area contributed by atoms with E-state index in [9.17, 15) is 4.79 Å². The molecular formula is C12H13ClO2. The molecule has 3 heteroatoms. The Morgan fingerprint density at radius 3 is 2.87 bits per heavy atom. The molecule has 2 rings (SSSR count). The van der Waals surface area contributed by atoms with Gasteiger partial charge >= 0.3 is 0 Å². The molecule has 0 radical (unpaired) electrons. The first-order chi connectivity index (χ1) is 7.13. The highest BCUT2D eigenvalue weighted by Gasteiger charge is 2.32. The smallest absolute Gasteiger partial charge is 0.207 e. The topological polar surface area (TPSA) is 26.3 Å². The van der Waals surface area contributed by atoms with Gasteiger partial charge < -0.3 is 4.74 Å². The van der Waals surface area contributed by atoms with E-state index in [2.05, 4.69) is 0 Å². The standard InChI is InChI=1S/C12H13ClO2/c1-3-4-10-11(14)9-6-8(13)5-7(2)12(9)15-10/h5-6,10H,3-4H2,1-2H3. The molecule has 0 aliphatic carbocycles. The first kappa shape index (κ1) is 10.5. The fourth-order valence-corrected chi connectivity index (χ4v) is 2.16. The van der Waals surface area contributed by atoms with Gasteiger partial charge in [-0.2, -0.15) is 0 Å². The van der Waals surface area contributed by atoms with Crippen LogP contribution in [0.15, 0.2) is 12.1 Å². The maximum absolute atomic E-state index is 11.9. The summed E-state index contributed by atoms with van der Waals surface area (Å²) in [6.45, 7) is 3.95. The summed E-state index contributed by atoms with van der Waals surface area (Å²) in [5.41, 5.74) is 1.57. The van der Waals surface area contributed by atoms with E-state index in [1.54, 1.807) is 6.07 Å². The molecule has 0 fully saturated rings. The van der Waals surface area contributed by atoms with E-state index >= 15 is 0 Å². The van der Waals surface area contributed by atoms with Gasteiger partial charge in [-0.15, -0.1) is 0 Å². The van der Waals surface area contributed by atoms with Crippen LogP contribution < -0.4 is 4.74 Å². The van der Waals surface area contributed by atoms with E-state index in [1.807, 2.05) is 19.9 Å². The zero-order valence-electron chi connectivity index (χ0n) is 8.84. The Kier molecular flexibility index (Phi) is 2.70. The zero-order chi connectivity index (χ0) is 11.0. The monoisotopic (exact) mass is 224 g/mol. The van der Waals surface area contributed by atoms with Crippen molar-refractivity contribution < 1.29 is 9.53 Å². The zero-order valence-corrected chi connectivity index (χ0v) is 9.60. The van der Waals surface area contributed by atoms with Gasteiger partial charge in [0.1, 0.15) is 5.75 Å². The van der Waals surface area contributed by atoms with Gasteiger partial charge in [0.15, 0.2) is 6.10 Å². The predicted octanol–water partition coefficient (Wildman–Crippen LogP) is 3.39. The highest BCUT2D eigenvalue weighted by atomic mass is 35.5. The number of fused-ring (bicyclic) bond motifs is 1. The number of hydrogen-bond acceptors (Lipinski definition) is 2. The normalized spacial score (nSPS) is 18.9. The molecule has 1 aromatic rings. The van der Waals surface area contributed by atoms with E-state index in [1.165, 1.54) is 0 Å². The minimum absolute atomic E-state index is 0.0671. The van der Waals surface area contributed by atoms with Gasteiger partial charge in [0, 0.05) is 5.02 Å². The molecule has 1 heterocycles. The summed E-state index contributed by atoms with van der Waals surface area (Å²) in [6, 6.07) is 3.52. The van der Waals surface area contributed by atoms with Crippen LogP contribution in [0, 0.1) is 6.92 Å². The number of halogens is 1. The Balaban J connectivity index is 2.41. The summed E-state index contributed by atoms with van der Waals surface area (Å²) in [7, 11) is 0. The number of carbonyl (C=O) groups is 1. The lowest BCUT2D eigenvalue weighted by Gasteiger charge is -2.08. The Bertz CT molecular complexity index is 412. The molecule has 1 aliphatic heterocycles. The summed E-state index contributed by atoms with van der Waals surface area (Å²) >= 11 is 5.91. The van der Waals surface area contributed by atoms with Crippen molar-refractivity contribution in [3.05, 3.63) is 28.3 Å². The van der Waals surface area contributed by atoms with E-state index in [0.717, 1.165) is 18.4 Å². The minimum atomic E-state index is -0.304. The number of rotatable bonds is 2. The fourth-order valence-electron chi connectivity index (χ4n) is 1.89. The molecular weight excluding hydrogens is 212 g/mol. The van der Waals surface area contributed by atoms with Crippen LogP contribution in [0.25, 0.3) is 0 Å². The maximum Gasteiger partial charge on any atom is 0.207 e. The van der Waals surface area contributed by atoms with E-state index in [0.29, 0.717) is 16.3 Å². The van der Waals surface area contributed by atoms with Gasteiger partial charge in [-0.05, 0) is 31.0 Å². The van der Waals surface area contributed by atoms with Crippen LogP contribution in [-0.2, 0) is 0 Å². The van der Waals surface area contributed by atoms with E-state index < -0.39 is 0 Å². The van der Waals surface area contributed by atoms with Crippen LogP contribution in [-0.4, -0.2) is 11.9 Å². The van der Waals surface area contributed by atoms with Crippen molar-refractivity contribution in [2.45, 2.75) is 32.8 Å². The molecule has 1 atom stereocenters. The lowest BCUT2D eigenvalue weighted by Crippen LogP contribution is -2.19. The van der Waals surface area contributed by atoms with Crippen LogP contribution in [0.1, 0.15) is 35.7 Å². The molecule has 0 saturated carbocycles. The molecule has 80 valence electrons. The molecule has 1 aliphatic rings. The molecule has 0 amide bonds. The largest absolute Gasteiger partial charge is 0.481 e. The second-order valence-electron chi connectivity index (χ2n) is 3.86. The first-order valence-electron chi connectivity index (χ1n) is 5.14. The second-order valence-corrected chi connectivity index (χ2v) is 4.30. The van der Waals surface area contributed by atoms with Gasteiger partial charge in [0.05, 0.1) is 5.56 Å². The van der Waals surface area contributed by atoms with Crippen molar-refractivity contribution in [1.29, 1.82) is 0 Å². The third kappa shape index (κ3) is 1.74. The average molecular weight is 225 g/mol. The lowest BCUT2D eigenvalue weighted by molar-refractivity contribution is 0.0845. The molecule has 15 heavy (non-hydrogen) atoms. The van der Waals surface area contributed by atoms with Crippen LogP contribution in [0.4, 0.5) is 0 Å². The Morgan fingerprint density at radius 2 is 2.20 bits per heavy atom. The number of ketones is 1. The van der Waals surface area contributed by atoms with Crippen molar-refractivity contribution in [2.24, 2.45) is 0 Å². The molecule has 1 unspecified atom stereocenters. The van der Waals surface area contributed by atoms with Crippen molar-refractivity contribution in [3.63, 3.8) is 0 Å². The number of Topliss-reactive ketones (excluding diaryl/α,β-unsaturated/α-hetero) is 1. The molecule has 2 nitrogen and oxygen atoms in total. The van der Waals surface area contributed by atoms with Gasteiger partial charge in [-0.1, -0.05) is 24.9 Å². The van der Waals surface area contributed by atoms with Crippen LogP contribution in [0.5, 0.6) is 5.75 Å². The molecule has 0 N–H and O–H groups in total. The molecule has 1 aromatic carbocycles. The molecule has 0 aromatic heterocycles. The summed E-state index contributed by atoms with van der Waals surface area (Å²) in [6.07, 6.45) is 1.41. The SMILES string of the molecule is CCCC1Oc2c(C)cc(Cl)cc2C1=O. The summed E-state index contributed by atoms with van der Waals surface area (Å²) in [5, 5.41) is 0.598. The number of ether oxygens (including phenoxy) is 1. The predicted molar refractivity (Wildman–Crippen MR) is 59.8 cm³/mol. The third-order valence-corrected chi connectivity index (χ3v) is 2.83. The highest BCUT2D eigenvalue weighted by Crippen LogP contribution is 2.35. The van der Waals surface area contributed by atoms with Crippen LogP contribution >= 0.6 is 11.6 Å². The van der Waals surface area contributed by atoms with Crippen molar-refractivity contribution in [3.8, 4) is 5.75 Å². The number of hydrogen-bond donors (Lipinski definition) is 0. The third-order valence-electron chi connectivity index (χ3n) is 2.61. The van der Waals surface area contributed by atoms with Crippen molar-refractivity contribution in [2.75, 3.05) is 0 Å². The van der Waals surface area contributed by atoms with E-state index in [-0.39, 0.29) is 11.9 Å². The van der Waals surface area contributed by atoms with Crippen LogP contribution in [0.2, 0.25) is 5.02 Å². The van der Waals surface area contributed by atoms with Gasteiger partial charge in [-0.25, -0.2) is 0 Å². The number of benzene rings is 1. The fraction of sp³-hybridized carbons (Fsp3) is 0.417. The van der Waals surface area contributed by atoms with E-state index in [4.69, 9.17) is 16.3 Å². The van der Waals surface area contributed by atoms with Crippen LogP contribution in [0.3, 0.4) is 0 Å². The average Bonchev–Trinajstić information content (AvgIpc) is 2.47. The summed E-state index contributed by atoms with van der Waals surface area (Å²) in [5.74, 6) is 0.778. The number of aryl methyl sites for hydroxylation is 1. The van der Waals surface area contributed by atoms with Crippen molar-refractivity contribution in [1.82, 2.24) is 0 Å². The number of carbonyl (C=O) groups excluding carboxylic acids is 1. The molecule has 0 saturated heterocycles. The molecule has 0 spiro atoms. The Hall–Kier alpha value is -1.02.